The van der Waals surface area contributed by atoms with Gasteiger partial charge in [0.1, 0.15) is 0 Å². The number of aromatic amines is 1. The summed E-state index contributed by atoms with van der Waals surface area (Å²) in [6.45, 7) is 1.85. The van der Waals surface area contributed by atoms with Crippen LogP contribution in [0.1, 0.15) is 11.1 Å². The Bertz CT molecular complexity index is 933. The second-order valence-corrected chi connectivity index (χ2v) is 6.74. The molecule has 128 valence electrons. The lowest BCUT2D eigenvalue weighted by atomic mass is 10.1. The number of rotatable bonds is 5. The first-order valence-electron chi connectivity index (χ1n) is 7.90. The number of amides is 2. The molecule has 0 unspecified atom stereocenters. The summed E-state index contributed by atoms with van der Waals surface area (Å²) in [7, 11) is 0. The summed E-state index contributed by atoms with van der Waals surface area (Å²) in [4.78, 5) is 27.3. The third kappa shape index (κ3) is 4.28. The first-order valence-corrected chi connectivity index (χ1v) is 8.70. The van der Waals surface area contributed by atoms with Gasteiger partial charge in [0.05, 0.1) is 13.0 Å². The van der Waals surface area contributed by atoms with Gasteiger partial charge in [-0.15, -0.1) is 0 Å². The minimum absolute atomic E-state index is 0.0588. The molecule has 1 heterocycles. The van der Waals surface area contributed by atoms with Crippen LogP contribution in [-0.2, 0) is 16.0 Å². The smallest absolute Gasteiger partial charge is 0.243 e. The molecule has 3 N–H and O–H groups in total. The zero-order valence-electron chi connectivity index (χ0n) is 13.7. The van der Waals surface area contributed by atoms with E-state index >= 15 is 0 Å². The largest absolute Gasteiger partial charge is 0.361 e. The molecule has 3 aromatic rings. The lowest BCUT2D eigenvalue weighted by Crippen LogP contribution is -2.33. The van der Waals surface area contributed by atoms with Gasteiger partial charge in [-0.25, -0.2) is 0 Å². The highest BCUT2D eigenvalue weighted by Gasteiger charge is 2.10. The fourth-order valence-electron chi connectivity index (χ4n) is 2.65. The number of hydrogen-bond acceptors (Lipinski definition) is 2. The summed E-state index contributed by atoms with van der Waals surface area (Å²) in [5, 5.41) is 6.48. The molecule has 0 atom stereocenters. The van der Waals surface area contributed by atoms with Crippen LogP contribution in [0.4, 0.5) is 5.69 Å². The summed E-state index contributed by atoms with van der Waals surface area (Å²) >= 11 is 3.39. The second-order valence-electron chi connectivity index (χ2n) is 5.82. The minimum Gasteiger partial charge on any atom is -0.361 e. The molecule has 3 rings (SSSR count). The van der Waals surface area contributed by atoms with Gasteiger partial charge in [0.15, 0.2) is 0 Å². The van der Waals surface area contributed by atoms with Crippen molar-refractivity contribution in [3.8, 4) is 0 Å². The third-order valence-electron chi connectivity index (χ3n) is 3.93. The molecule has 1 aromatic heterocycles. The molecule has 2 amide bonds. The maximum Gasteiger partial charge on any atom is 0.243 e. The van der Waals surface area contributed by atoms with Crippen molar-refractivity contribution in [2.45, 2.75) is 13.3 Å². The van der Waals surface area contributed by atoms with Gasteiger partial charge in [-0.3, -0.25) is 9.59 Å². The molecular formula is C19H18BrN3O2. The number of carbonyl (C=O) groups excluding carboxylic acids is 2. The molecule has 0 aliphatic carbocycles. The number of aromatic nitrogens is 1. The van der Waals surface area contributed by atoms with Crippen LogP contribution in [0.3, 0.4) is 0 Å². The molecular weight excluding hydrogens is 382 g/mol. The summed E-state index contributed by atoms with van der Waals surface area (Å²) in [6.07, 6.45) is 2.06. The molecule has 0 spiro atoms. The first-order chi connectivity index (χ1) is 12.0. The number of fused-ring (bicyclic) bond motifs is 1. The van der Waals surface area contributed by atoms with Crippen molar-refractivity contribution < 1.29 is 9.59 Å². The van der Waals surface area contributed by atoms with E-state index in [-0.39, 0.29) is 24.8 Å². The molecule has 5 nitrogen and oxygen atoms in total. The van der Waals surface area contributed by atoms with Gasteiger partial charge in [0.2, 0.25) is 11.8 Å². The average molecular weight is 400 g/mol. The van der Waals surface area contributed by atoms with E-state index in [2.05, 4.69) is 31.5 Å². The van der Waals surface area contributed by atoms with Crippen molar-refractivity contribution in [3.05, 3.63) is 64.3 Å². The van der Waals surface area contributed by atoms with Crippen LogP contribution < -0.4 is 10.6 Å². The van der Waals surface area contributed by atoms with Crippen LogP contribution in [0, 0.1) is 6.92 Å². The van der Waals surface area contributed by atoms with Gasteiger partial charge in [0, 0.05) is 27.3 Å². The molecule has 6 heteroatoms. The molecule has 0 saturated heterocycles. The van der Waals surface area contributed by atoms with E-state index in [1.807, 2.05) is 55.6 Å². The summed E-state index contributed by atoms with van der Waals surface area (Å²) in [5.41, 5.74) is 3.60. The molecule has 0 saturated carbocycles. The Morgan fingerprint density at radius 1 is 1.12 bits per heavy atom. The molecule has 0 aliphatic heterocycles. The second kappa shape index (κ2) is 7.53. The predicted octanol–water partition coefficient (Wildman–Crippen LogP) is 3.54. The molecule has 0 radical (unpaired) electrons. The maximum absolute atomic E-state index is 12.1. The highest BCUT2D eigenvalue weighted by molar-refractivity contribution is 9.10. The van der Waals surface area contributed by atoms with Gasteiger partial charge >= 0.3 is 0 Å². The van der Waals surface area contributed by atoms with Crippen LogP contribution >= 0.6 is 15.9 Å². The number of anilines is 1. The molecule has 2 aromatic carbocycles. The van der Waals surface area contributed by atoms with Gasteiger partial charge in [-0.05, 0) is 42.3 Å². The van der Waals surface area contributed by atoms with Crippen LogP contribution in [0.5, 0.6) is 0 Å². The predicted molar refractivity (Wildman–Crippen MR) is 103 cm³/mol. The van der Waals surface area contributed by atoms with Crippen molar-refractivity contribution in [2.24, 2.45) is 0 Å². The fourth-order valence-corrected chi connectivity index (χ4v) is 3.13. The Labute approximate surface area is 153 Å². The van der Waals surface area contributed by atoms with E-state index in [4.69, 9.17) is 0 Å². The van der Waals surface area contributed by atoms with E-state index in [0.717, 1.165) is 32.2 Å². The first kappa shape index (κ1) is 17.2. The number of nitrogens with one attached hydrogen (secondary N) is 3. The van der Waals surface area contributed by atoms with Gasteiger partial charge in [-0.2, -0.15) is 0 Å². The summed E-state index contributed by atoms with van der Waals surface area (Å²) in [6, 6.07) is 13.4. The maximum atomic E-state index is 12.1. The number of H-pyrrole nitrogens is 1. The van der Waals surface area contributed by atoms with E-state index in [1.54, 1.807) is 0 Å². The monoisotopic (exact) mass is 399 g/mol. The van der Waals surface area contributed by atoms with Gasteiger partial charge < -0.3 is 15.6 Å². The Hall–Kier alpha value is -2.60. The van der Waals surface area contributed by atoms with Crippen LogP contribution in [0.25, 0.3) is 10.9 Å². The van der Waals surface area contributed by atoms with Crippen LogP contribution in [-0.4, -0.2) is 23.3 Å². The molecule has 0 bridgehead atoms. The van der Waals surface area contributed by atoms with Crippen molar-refractivity contribution in [3.63, 3.8) is 0 Å². The zero-order chi connectivity index (χ0) is 17.8. The van der Waals surface area contributed by atoms with Gasteiger partial charge in [0.25, 0.3) is 0 Å². The normalized spacial score (nSPS) is 10.6. The fraction of sp³-hybridized carbons (Fsp3) is 0.158. The number of para-hydroxylation sites is 1. The summed E-state index contributed by atoms with van der Waals surface area (Å²) < 4.78 is 0.954. The number of benzene rings is 2. The van der Waals surface area contributed by atoms with Crippen LogP contribution in [0.2, 0.25) is 0 Å². The quantitative estimate of drug-likeness (QED) is 0.613. The zero-order valence-corrected chi connectivity index (χ0v) is 15.3. The van der Waals surface area contributed by atoms with Crippen molar-refractivity contribution in [1.82, 2.24) is 10.3 Å². The topological polar surface area (TPSA) is 74.0 Å². The Morgan fingerprint density at radius 2 is 1.92 bits per heavy atom. The van der Waals surface area contributed by atoms with E-state index in [9.17, 15) is 9.59 Å². The number of aryl methyl sites for hydroxylation is 1. The Balaban J connectivity index is 1.54. The SMILES string of the molecule is Cc1cc(Br)ccc1NC(=O)CNC(=O)Cc1c[nH]c2ccccc12. The Kier molecular flexibility index (Phi) is 5.19. The van der Waals surface area contributed by atoms with Crippen molar-refractivity contribution in [2.75, 3.05) is 11.9 Å². The van der Waals surface area contributed by atoms with E-state index in [1.165, 1.54) is 0 Å². The molecule has 0 aliphatic rings. The van der Waals surface area contributed by atoms with E-state index in [0.29, 0.717) is 0 Å². The lowest BCUT2D eigenvalue weighted by molar-refractivity contribution is -0.123. The highest BCUT2D eigenvalue weighted by atomic mass is 79.9. The number of carbonyl (C=O) groups is 2. The third-order valence-corrected chi connectivity index (χ3v) is 4.43. The summed E-state index contributed by atoms with van der Waals surface area (Å²) in [5.74, 6) is -0.440. The number of halogens is 1. The van der Waals surface area contributed by atoms with Crippen molar-refractivity contribution in [1.29, 1.82) is 0 Å². The van der Waals surface area contributed by atoms with Crippen LogP contribution in [0.15, 0.2) is 53.1 Å². The highest BCUT2D eigenvalue weighted by Crippen LogP contribution is 2.20. The number of hydrogen-bond donors (Lipinski definition) is 3. The van der Waals surface area contributed by atoms with E-state index < -0.39 is 0 Å². The molecule has 25 heavy (non-hydrogen) atoms. The molecule has 0 fully saturated rings. The van der Waals surface area contributed by atoms with Gasteiger partial charge in [-0.1, -0.05) is 34.1 Å². The minimum atomic E-state index is -0.252. The average Bonchev–Trinajstić information content (AvgIpc) is 2.99. The lowest BCUT2D eigenvalue weighted by Gasteiger charge is -2.09. The Morgan fingerprint density at radius 3 is 2.72 bits per heavy atom. The standard InChI is InChI=1S/C19H18BrN3O2/c1-12-8-14(20)6-7-16(12)23-19(25)11-22-18(24)9-13-10-21-17-5-3-2-4-15(13)17/h2-8,10,21H,9,11H2,1H3,(H,22,24)(H,23,25). The van der Waals surface area contributed by atoms with Crippen molar-refractivity contribution >= 4 is 44.3 Å².